The van der Waals surface area contributed by atoms with Crippen molar-refractivity contribution in [1.82, 2.24) is 29.0 Å². The molecule has 4 rings (SSSR count). The Bertz CT molecular complexity index is 1140. The van der Waals surface area contributed by atoms with E-state index in [4.69, 9.17) is 0 Å². The third-order valence-electron chi connectivity index (χ3n) is 5.54. The molecule has 3 aromatic heterocycles. The van der Waals surface area contributed by atoms with Gasteiger partial charge in [0.05, 0.1) is 22.5 Å². The molecule has 160 valence electrons. The van der Waals surface area contributed by atoms with Gasteiger partial charge in [-0.05, 0) is 34.6 Å². The molecule has 0 bridgehead atoms. The number of rotatable bonds is 3. The highest BCUT2D eigenvalue weighted by Crippen LogP contribution is 2.23. The number of carbonyl (C=O) groups is 1. The molecule has 30 heavy (non-hydrogen) atoms. The quantitative estimate of drug-likeness (QED) is 0.640. The molecule has 0 N–H and O–H groups in total. The molecule has 0 unspecified atom stereocenters. The Hall–Kier alpha value is -2.52. The average molecular weight is 429 g/mol. The number of piperazine rings is 1. The van der Waals surface area contributed by atoms with Crippen molar-refractivity contribution >= 4 is 22.2 Å². The van der Waals surface area contributed by atoms with Crippen LogP contribution >= 0.6 is 11.3 Å². The summed E-state index contributed by atoms with van der Waals surface area (Å²) >= 11 is 1.46. The van der Waals surface area contributed by atoms with Gasteiger partial charge in [-0.1, -0.05) is 0 Å². The minimum Gasteiger partial charge on any atom is -0.336 e. The van der Waals surface area contributed by atoms with Gasteiger partial charge in [-0.25, -0.2) is 4.98 Å². The van der Waals surface area contributed by atoms with E-state index in [0.29, 0.717) is 24.6 Å². The highest BCUT2D eigenvalue weighted by molar-refractivity contribution is 7.15. The first-order chi connectivity index (χ1) is 14.1. The fourth-order valence-corrected chi connectivity index (χ4v) is 4.81. The largest absolute Gasteiger partial charge is 0.336 e. The topological polar surface area (TPSA) is 75.7 Å². The zero-order valence-corrected chi connectivity index (χ0v) is 19.0. The van der Waals surface area contributed by atoms with Crippen LogP contribution in [0.2, 0.25) is 0 Å². The predicted molar refractivity (Wildman–Crippen MR) is 117 cm³/mol. The standard InChI is InChI=1S/C21H28N6O2S/c1-14-18(15(2)27(23-14)21(3,4)5)19(29)25-8-6-24(7-9-25)13-16-12-17(28)26-10-11-30-20(26)22-16/h10-12H,6-9,13H2,1-5H3. The lowest BCUT2D eigenvalue weighted by Crippen LogP contribution is -2.48. The molecule has 1 saturated heterocycles. The lowest BCUT2D eigenvalue weighted by Gasteiger charge is -2.34. The third-order valence-corrected chi connectivity index (χ3v) is 6.30. The molecule has 0 aromatic carbocycles. The fraction of sp³-hybridized carbons (Fsp3) is 0.524. The molecular formula is C21H28N6O2S. The Morgan fingerprint density at radius 2 is 1.87 bits per heavy atom. The van der Waals surface area contributed by atoms with Gasteiger partial charge in [0.25, 0.3) is 11.5 Å². The number of nitrogens with zero attached hydrogens (tertiary/aromatic N) is 6. The number of fused-ring (bicyclic) bond motifs is 1. The minimum absolute atomic E-state index is 0.0492. The van der Waals surface area contributed by atoms with Crippen molar-refractivity contribution in [2.75, 3.05) is 26.2 Å². The molecule has 0 aliphatic carbocycles. The van der Waals surface area contributed by atoms with Crippen LogP contribution in [-0.4, -0.2) is 61.1 Å². The van der Waals surface area contributed by atoms with Crippen molar-refractivity contribution in [2.24, 2.45) is 0 Å². The summed E-state index contributed by atoms with van der Waals surface area (Å²) in [5.74, 6) is 0.0523. The first-order valence-corrected chi connectivity index (χ1v) is 11.1. The highest BCUT2D eigenvalue weighted by atomic mass is 32.1. The van der Waals surface area contributed by atoms with Crippen LogP contribution in [0.4, 0.5) is 0 Å². The van der Waals surface area contributed by atoms with Crippen LogP contribution in [0, 0.1) is 13.8 Å². The first-order valence-electron chi connectivity index (χ1n) is 10.2. The van der Waals surface area contributed by atoms with Crippen LogP contribution in [0.5, 0.6) is 0 Å². The summed E-state index contributed by atoms with van der Waals surface area (Å²) in [5, 5.41) is 6.48. The molecule has 0 spiro atoms. The molecule has 1 amide bonds. The molecule has 1 fully saturated rings. The fourth-order valence-electron chi connectivity index (χ4n) is 4.07. The van der Waals surface area contributed by atoms with Crippen LogP contribution in [-0.2, 0) is 12.1 Å². The van der Waals surface area contributed by atoms with Crippen LogP contribution in [0.25, 0.3) is 4.96 Å². The minimum atomic E-state index is -0.165. The number of hydrogen-bond acceptors (Lipinski definition) is 6. The Kier molecular flexibility index (Phi) is 5.27. The molecule has 1 aliphatic rings. The number of aromatic nitrogens is 4. The van der Waals surface area contributed by atoms with Crippen molar-refractivity contribution in [3.63, 3.8) is 0 Å². The zero-order valence-electron chi connectivity index (χ0n) is 18.2. The summed E-state index contributed by atoms with van der Waals surface area (Å²) < 4.78 is 3.50. The van der Waals surface area contributed by atoms with Gasteiger partial charge in [0.2, 0.25) is 0 Å². The highest BCUT2D eigenvalue weighted by Gasteiger charge is 2.29. The average Bonchev–Trinajstić information content (AvgIpc) is 3.26. The number of thiazole rings is 1. The second-order valence-electron chi connectivity index (χ2n) is 8.84. The van der Waals surface area contributed by atoms with Gasteiger partial charge < -0.3 is 4.90 Å². The van der Waals surface area contributed by atoms with Crippen LogP contribution in [0.15, 0.2) is 22.4 Å². The van der Waals surface area contributed by atoms with Gasteiger partial charge in [0.1, 0.15) is 0 Å². The molecule has 0 radical (unpaired) electrons. The van der Waals surface area contributed by atoms with E-state index in [-0.39, 0.29) is 17.0 Å². The van der Waals surface area contributed by atoms with Crippen molar-refractivity contribution in [3.05, 3.63) is 50.6 Å². The van der Waals surface area contributed by atoms with Crippen LogP contribution < -0.4 is 5.56 Å². The summed E-state index contributed by atoms with van der Waals surface area (Å²) in [6, 6.07) is 1.60. The summed E-state index contributed by atoms with van der Waals surface area (Å²) in [7, 11) is 0. The van der Waals surface area contributed by atoms with E-state index in [1.807, 2.05) is 28.8 Å². The van der Waals surface area contributed by atoms with Gasteiger partial charge >= 0.3 is 0 Å². The van der Waals surface area contributed by atoms with Crippen molar-refractivity contribution in [2.45, 2.75) is 46.7 Å². The van der Waals surface area contributed by atoms with Crippen LogP contribution in [0.3, 0.4) is 0 Å². The lowest BCUT2D eigenvalue weighted by atomic mass is 10.1. The summed E-state index contributed by atoms with van der Waals surface area (Å²) in [4.78, 5) is 34.9. The summed E-state index contributed by atoms with van der Waals surface area (Å²) in [5.41, 5.74) is 2.98. The molecule has 0 saturated carbocycles. The SMILES string of the molecule is Cc1nn(C(C)(C)C)c(C)c1C(=O)N1CCN(Cc2cc(=O)n3ccsc3n2)CC1. The second kappa shape index (κ2) is 7.63. The Morgan fingerprint density at radius 1 is 1.17 bits per heavy atom. The maximum absolute atomic E-state index is 13.2. The van der Waals surface area contributed by atoms with E-state index >= 15 is 0 Å². The summed E-state index contributed by atoms with van der Waals surface area (Å²) in [6.07, 6.45) is 1.75. The number of carbonyl (C=O) groups excluding carboxylic acids is 1. The lowest BCUT2D eigenvalue weighted by molar-refractivity contribution is 0.0625. The molecule has 0 atom stereocenters. The van der Waals surface area contributed by atoms with E-state index in [1.165, 1.54) is 11.3 Å². The Labute approximate surface area is 179 Å². The maximum atomic E-state index is 13.2. The van der Waals surface area contributed by atoms with Crippen molar-refractivity contribution in [1.29, 1.82) is 0 Å². The Balaban J connectivity index is 1.44. The maximum Gasteiger partial charge on any atom is 0.258 e. The smallest absolute Gasteiger partial charge is 0.258 e. The monoisotopic (exact) mass is 428 g/mol. The van der Waals surface area contributed by atoms with Crippen molar-refractivity contribution < 1.29 is 4.79 Å². The second-order valence-corrected chi connectivity index (χ2v) is 9.71. The molecule has 3 aromatic rings. The number of hydrogen-bond donors (Lipinski definition) is 0. The van der Waals surface area contributed by atoms with Crippen LogP contribution in [0.1, 0.15) is 48.2 Å². The number of aryl methyl sites for hydroxylation is 1. The van der Waals surface area contributed by atoms with Gasteiger partial charge in [0, 0.05) is 56.1 Å². The number of amides is 1. The van der Waals surface area contributed by atoms with E-state index < -0.39 is 0 Å². The first kappa shape index (κ1) is 20.7. The van der Waals surface area contributed by atoms with Gasteiger partial charge in [-0.15, -0.1) is 11.3 Å². The normalized spacial score (nSPS) is 15.8. The van der Waals surface area contributed by atoms with E-state index in [9.17, 15) is 9.59 Å². The molecule has 1 aliphatic heterocycles. The van der Waals surface area contributed by atoms with Gasteiger partial charge in [0.15, 0.2) is 4.96 Å². The van der Waals surface area contributed by atoms with E-state index in [1.54, 1.807) is 16.7 Å². The van der Waals surface area contributed by atoms with Crippen molar-refractivity contribution in [3.8, 4) is 0 Å². The van der Waals surface area contributed by atoms with E-state index in [0.717, 1.165) is 35.7 Å². The van der Waals surface area contributed by atoms with E-state index in [2.05, 4.69) is 35.8 Å². The third kappa shape index (κ3) is 3.79. The molecule has 4 heterocycles. The molecule has 8 nitrogen and oxygen atoms in total. The summed E-state index contributed by atoms with van der Waals surface area (Å²) in [6.45, 7) is 13.6. The molecule has 9 heteroatoms. The Morgan fingerprint density at radius 3 is 2.50 bits per heavy atom. The predicted octanol–water partition coefficient (Wildman–Crippen LogP) is 2.28. The van der Waals surface area contributed by atoms with Gasteiger partial charge in [-0.2, -0.15) is 5.10 Å². The molecular weight excluding hydrogens is 400 g/mol. The van der Waals surface area contributed by atoms with Gasteiger partial charge in [-0.3, -0.25) is 23.6 Å². The zero-order chi connectivity index (χ0) is 21.6.